The van der Waals surface area contributed by atoms with Gasteiger partial charge in [0.25, 0.3) is 0 Å². The van der Waals surface area contributed by atoms with Crippen molar-refractivity contribution in [2.45, 2.75) is 6.17 Å². The minimum Gasteiger partial charge on any atom is -0.261 e. The van der Waals surface area contributed by atoms with Gasteiger partial charge in [-0.15, -0.1) is 0 Å². The Balaban J connectivity index is 2.47. The van der Waals surface area contributed by atoms with Crippen molar-refractivity contribution < 1.29 is 0 Å². The molecule has 1 aliphatic rings. The molecule has 0 aromatic rings. The second-order valence-corrected chi connectivity index (χ2v) is 1.20. The Labute approximate surface area is 41.7 Å². The van der Waals surface area contributed by atoms with Gasteiger partial charge in [0.2, 0.25) is 6.17 Å². The third-order valence-electron chi connectivity index (χ3n) is 0.722. The van der Waals surface area contributed by atoms with Gasteiger partial charge < -0.3 is 0 Å². The molecule has 0 aromatic carbocycles. The first-order valence-corrected chi connectivity index (χ1v) is 2.01. The number of nitrogens with zero attached hydrogens (tertiary/aromatic N) is 3. The Kier molecular flexibility index (Phi) is 1.05. The van der Waals surface area contributed by atoms with E-state index in [1.807, 2.05) is 6.07 Å². The summed E-state index contributed by atoms with van der Waals surface area (Å²) >= 11 is 0. The summed E-state index contributed by atoms with van der Waals surface area (Å²) in [5.74, 6) is 0. The third kappa shape index (κ3) is 0.756. The second-order valence-electron chi connectivity index (χ2n) is 1.20. The Bertz CT molecular complexity index is 121. The maximum absolute atomic E-state index is 8.11. The molecule has 1 atom stereocenters. The van der Waals surface area contributed by atoms with Crippen LogP contribution in [0.15, 0.2) is 4.99 Å². The van der Waals surface area contributed by atoms with E-state index in [2.05, 4.69) is 10.3 Å². The van der Waals surface area contributed by atoms with Crippen LogP contribution in [0.25, 0.3) is 0 Å². The maximum Gasteiger partial charge on any atom is 0.202 e. The summed E-state index contributed by atoms with van der Waals surface area (Å²) < 4.78 is 0. The molecule has 0 aromatic heterocycles. The first-order valence-electron chi connectivity index (χ1n) is 2.01. The van der Waals surface area contributed by atoms with Crippen LogP contribution in [0, 0.1) is 11.3 Å². The largest absolute Gasteiger partial charge is 0.261 e. The van der Waals surface area contributed by atoms with E-state index < -0.39 is 6.17 Å². The van der Waals surface area contributed by atoms with Crippen LogP contribution in [0.1, 0.15) is 0 Å². The molecular weight excluding hydrogens is 90.1 g/mol. The number of aliphatic imine (C=N–C) groups is 1. The zero-order valence-corrected chi connectivity index (χ0v) is 3.70. The van der Waals surface area contributed by atoms with Crippen molar-refractivity contribution in [2.24, 2.45) is 4.99 Å². The topological polar surface area (TPSA) is 50.2 Å². The van der Waals surface area contributed by atoms with Crippen molar-refractivity contribution in [2.75, 3.05) is 6.54 Å². The summed E-state index contributed by atoms with van der Waals surface area (Å²) in [7, 11) is 0. The minimum atomic E-state index is -0.403. The van der Waals surface area contributed by atoms with Gasteiger partial charge in [0, 0.05) is 6.21 Å². The highest BCUT2D eigenvalue weighted by molar-refractivity contribution is 5.62. The van der Waals surface area contributed by atoms with Gasteiger partial charge in [0.05, 0.1) is 6.54 Å². The monoisotopic (exact) mass is 94.0 g/mol. The van der Waals surface area contributed by atoms with Crippen LogP contribution >= 0.6 is 0 Å². The Morgan fingerprint density at radius 1 is 1.86 bits per heavy atom. The highest BCUT2D eigenvalue weighted by Gasteiger charge is 2.06. The van der Waals surface area contributed by atoms with Crippen LogP contribution in [0.2, 0.25) is 0 Å². The highest BCUT2D eigenvalue weighted by Crippen LogP contribution is 1.88. The molecule has 3 heteroatoms. The van der Waals surface area contributed by atoms with E-state index in [-0.39, 0.29) is 0 Å². The zero-order valence-electron chi connectivity index (χ0n) is 3.70. The lowest BCUT2D eigenvalue weighted by atomic mass is 10.6. The summed E-state index contributed by atoms with van der Waals surface area (Å²) in [6.07, 6.45) is 1.24. The fourth-order valence-electron chi connectivity index (χ4n) is 0.415. The summed E-state index contributed by atoms with van der Waals surface area (Å²) in [6, 6.07) is 1.90. The molecule has 0 N–H and O–H groups in total. The van der Waals surface area contributed by atoms with Crippen molar-refractivity contribution >= 4 is 6.21 Å². The maximum atomic E-state index is 8.11. The lowest BCUT2D eigenvalue weighted by Crippen LogP contribution is -2.10. The van der Waals surface area contributed by atoms with Crippen LogP contribution in [0.5, 0.6) is 0 Å². The molecule has 0 saturated heterocycles. The Morgan fingerprint density at radius 3 is 3.00 bits per heavy atom. The lowest BCUT2D eigenvalue weighted by Gasteiger charge is -1.86. The average Bonchev–Trinajstić information content (AvgIpc) is 2.14. The van der Waals surface area contributed by atoms with Crippen molar-refractivity contribution in [3.05, 3.63) is 0 Å². The number of hydrogen-bond donors (Lipinski definition) is 0. The number of nitriles is 1. The van der Waals surface area contributed by atoms with E-state index in [0.717, 1.165) is 0 Å². The quantitative estimate of drug-likeness (QED) is 0.400. The molecule has 0 bridgehead atoms. The van der Waals surface area contributed by atoms with Gasteiger partial charge in [-0.2, -0.15) is 10.6 Å². The van der Waals surface area contributed by atoms with Crippen LogP contribution < -0.4 is 5.32 Å². The standard InChI is InChI=1S/C4H4N3/c5-3-4-6-1-2-7-4/h1,4H,2H2. The highest BCUT2D eigenvalue weighted by atomic mass is 15.1. The average molecular weight is 94.1 g/mol. The van der Waals surface area contributed by atoms with E-state index in [4.69, 9.17) is 5.26 Å². The van der Waals surface area contributed by atoms with Crippen LogP contribution in [-0.2, 0) is 0 Å². The molecule has 0 amide bonds. The third-order valence-corrected chi connectivity index (χ3v) is 0.722. The van der Waals surface area contributed by atoms with Gasteiger partial charge in [-0.05, 0) is 0 Å². The van der Waals surface area contributed by atoms with E-state index >= 15 is 0 Å². The molecule has 1 heterocycles. The zero-order chi connectivity index (χ0) is 5.11. The minimum absolute atomic E-state index is 0.403. The predicted octanol–water partition coefficient (Wildman–Crippen LogP) is -0.475. The van der Waals surface area contributed by atoms with Crippen molar-refractivity contribution in [3.63, 3.8) is 0 Å². The van der Waals surface area contributed by atoms with Crippen LogP contribution in [0.4, 0.5) is 0 Å². The van der Waals surface area contributed by atoms with Gasteiger partial charge in [-0.25, -0.2) is 0 Å². The van der Waals surface area contributed by atoms with Gasteiger partial charge in [0.1, 0.15) is 6.07 Å². The summed E-state index contributed by atoms with van der Waals surface area (Å²) in [4.78, 5) is 3.70. The molecule has 0 fully saturated rings. The van der Waals surface area contributed by atoms with E-state index in [1.54, 1.807) is 6.21 Å². The van der Waals surface area contributed by atoms with Gasteiger partial charge in [0.15, 0.2) is 0 Å². The van der Waals surface area contributed by atoms with E-state index in [9.17, 15) is 0 Å². The van der Waals surface area contributed by atoms with Crippen molar-refractivity contribution in [1.29, 1.82) is 5.26 Å². The van der Waals surface area contributed by atoms with Gasteiger partial charge in [-0.3, -0.25) is 4.99 Å². The second kappa shape index (κ2) is 1.71. The summed E-state index contributed by atoms with van der Waals surface area (Å²) in [6.45, 7) is 0.609. The van der Waals surface area contributed by atoms with Crippen molar-refractivity contribution in [3.8, 4) is 6.07 Å². The number of hydrogen-bond acceptors (Lipinski definition) is 2. The Hall–Kier alpha value is -0.880. The first kappa shape index (κ1) is 4.28. The lowest BCUT2D eigenvalue weighted by molar-refractivity contribution is 0.716. The Morgan fingerprint density at radius 2 is 2.71 bits per heavy atom. The smallest absolute Gasteiger partial charge is 0.202 e. The molecule has 0 aliphatic carbocycles. The van der Waals surface area contributed by atoms with E-state index in [0.29, 0.717) is 6.54 Å². The van der Waals surface area contributed by atoms with Crippen LogP contribution in [-0.4, -0.2) is 18.9 Å². The molecule has 1 rings (SSSR count). The fraction of sp³-hybridized carbons (Fsp3) is 0.500. The van der Waals surface area contributed by atoms with Crippen molar-refractivity contribution in [1.82, 2.24) is 5.32 Å². The summed E-state index contributed by atoms with van der Waals surface area (Å²) in [5.41, 5.74) is 0. The molecule has 35 valence electrons. The fourth-order valence-corrected chi connectivity index (χ4v) is 0.415. The number of rotatable bonds is 0. The molecule has 1 radical (unpaired) electrons. The molecule has 1 aliphatic heterocycles. The summed E-state index contributed by atoms with van der Waals surface area (Å²) in [5, 5.41) is 11.9. The SMILES string of the molecule is N#CC1[N]CC=N1. The first-order chi connectivity index (χ1) is 3.43. The van der Waals surface area contributed by atoms with Gasteiger partial charge in [-0.1, -0.05) is 0 Å². The molecule has 7 heavy (non-hydrogen) atoms. The molecule has 1 unspecified atom stereocenters. The predicted molar refractivity (Wildman–Crippen MR) is 24.9 cm³/mol. The van der Waals surface area contributed by atoms with E-state index in [1.165, 1.54) is 0 Å². The molecular formula is C4H4N3. The normalized spacial score (nSPS) is 27.6. The molecule has 0 spiro atoms. The molecule has 3 nitrogen and oxygen atoms in total. The molecule has 0 saturated carbocycles. The van der Waals surface area contributed by atoms with Crippen LogP contribution in [0.3, 0.4) is 0 Å². The van der Waals surface area contributed by atoms with Gasteiger partial charge >= 0.3 is 0 Å².